The summed E-state index contributed by atoms with van der Waals surface area (Å²) in [5, 5.41) is 13.2. The lowest BCUT2D eigenvalue weighted by atomic mass is 9.99. The molecular weight excluding hydrogens is 318 g/mol. The smallest absolute Gasteiger partial charge is 0.407 e. The Hall–Kier alpha value is -1.63. The second-order valence-corrected chi connectivity index (χ2v) is 6.12. The minimum absolute atomic E-state index is 0.0675. The Kier molecular flexibility index (Phi) is 6.38. The molecule has 1 aliphatic heterocycles. The molecule has 7 heteroatoms. The molecule has 1 fully saturated rings. The van der Waals surface area contributed by atoms with Crippen molar-refractivity contribution in [2.45, 2.75) is 31.6 Å². The maximum Gasteiger partial charge on any atom is 0.407 e. The van der Waals surface area contributed by atoms with Crippen LogP contribution in [0.15, 0.2) is 24.3 Å². The molecule has 1 heterocycles. The molecule has 1 aromatic rings. The normalized spacial score (nSPS) is 21.8. The predicted octanol–water partition coefficient (Wildman–Crippen LogP) is 2.03. The van der Waals surface area contributed by atoms with Gasteiger partial charge in [-0.2, -0.15) is 0 Å². The number of carboxylic acid groups (broad SMARTS) is 1. The van der Waals surface area contributed by atoms with Gasteiger partial charge in [0.2, 0.25) is 0 Å². The van der Waals surface area contributed by atoms with E-state index in [9.17, 15) is 14.7 Å². The molecule has 0 aliphatic carbocycles. The van der Waals surface area contributed by atoms with Gasteiger partial charge >= 0.3 is 6.09 Å². The number of hydrogen-bond acceptors (Lipinski definition) is 4. The molecule has 126 valence electrons. The van der Waals surface area contributed by atoms with Crippen LogP contribution in [0, 0.1) is 0 Å². The third-order valence-corrected chi connectivity index (χ3v) is 4.53. The average Bonchev–Trinajstić information content (AvgIpc) is 2.55. The van der Waals surface area contributed by atoms with Gasteiger partial charge in [-0.25, -0.2) is 4.79 Å². The van der Waals surface area contributed by atoms with E-state index in [4.69, 9.17) is 11.6 Å². The van der Waals surface area contributed by atoms with Gasteiger partial charge < -0.3 is 15.2 Å². The predicted molar refractivity (Wildman–Crippen MR) is 88.5 cm³/mol. The number of carbonyl (C=O) groups excluding carboxylic acids is 1. The second kappa shape index (κ2) is 8.29. The fourth-order valence-corrected chi connectivity index (χ4v) is 3.18. The summed E-state index contributed by atoms with van der Waals surface area (Å²) < 4.78 is 0. The molecular formula is C16H22ClN3O3. The molecule has 6 nitrogen and oxygen atoms in total. The van der Waals surface area contributed by atoms with Crippen molar-refractivity contribution < 1.29 is 14.7 Å². The van der Waals surface area contributed by atoms with Crippen molar-refractivity contribution in [2.24, 2.45) is 0 Å². The zero-order chi connectivity index (χ0) is 16.8. The van der Waals surface area contributed by atoms with E-state index in [1.807, 2.05) is 31.3 Å². The first-order valence-corrected chi connectivity index (χ1v) is 8.02. The van der Waals surface area contributed by atoms with Crippen LogP contribution in [0.2, 0.25) is 5.02 Å². The van der Waals surface area contributed by atoms with Gasteiger partial charge in [0.1, 0.15) is 6.29 Å². The maximum atomic E-state index is 11.3. The molecule has 1 saturated heterocycles. The van der Waals surface area contributed by atoms with Crippen LogP contribution >= 0.6 is 11.6 Å². The molecule has 2 N–H and O–H groups in total. The Labute approximate surface area is 141 Å². The zero-order valence-electron chi connectivity index (χ0n) is 13.1. The number of piperidine rings is 1. The highest BCUT2D eigenvalue weighted by Crippen LogP contribution is 2.23. The molecule has 1 amide bonds. The minimum Gasteiger partial charge on any atom is -0.465 e. The zero-order valence-corrected chi connectivity index (χ0v) is 13.9. The van der Waals surface area contributed by atoms with Crippen molar-refractivity contribution in [3.05, 3.63) is 34.9 Å². The van der Waals surface area contributed by atoms with E-state index >= 15 is 0 Å². The monoisotopic (exact) mass is 339 g/mol. The van der Waals surface area contributed by atoms with E-state index < -0.39 is 6.09 Å². The lowest BCUT2D eigenvalue weighted by molar-refractivity contribution is -0.109. The van der Waals surface area contributed by atoms with E-state index in [2.05, 4.69) is 10.2 Å². The lowest BCUT2D eigenvalue weighted by Crippen LogP contribution is -2.55. The number of rotatable bonds is 6. The van der Waals surface area contributed by atoms with Gasteiger partial charge in [-0.3, -0.25) is 9.80 Å². The molecule has 2 rings (SSSR count). The standard InChI is InChI=1S/C16H22ClN3O3/c1-18-15-10-14(20(8-9-21)16(22)23)6-7-19(15)11-12-2-4-13(17)5-3-12/h2-5,9,14-15,18H,6-8,10-11H2,1H3,(H,22,23). The molecule has 0 spiro atoms. The highest BCUT2D eigenvalue weighted by atomic mass is 35.5. The molecule has 2 unspecified atom stereocenters. The van der Waals surface area contributed by atoms with Crippen molar-refractivity contribution in [3.63, 3.8) is 0 Å². The number of likely N-dealkylation sites (tertiary alicyclic amines) is 1. The number of carbonyl (C=O) groups is 2. The van der Waals surface area contributed by atoms with Crippen LogP contribution in [0.5, 0.6) is 0 Å². The van der Waals surface area contributed by atoms with E-state index in [-0.39, 0.29) is 18.8 Å². The van der Waals surface area contributed by atoms with Gasteiger partial charge in [-0.15, -0.1) is 0 Å². The minimum atomic E-state index is -1.04. The number of halogens is 1. The Morgan fingerprint density at radius 1 is 1.48 bits per heavy atom. The van der Waals surface area contributed by atoms with Crippen molar-refractivity contribution in [1.82, 2.24) is 15.1 Å². The molecule has 0 saturated carbocycles. The molecule has 0 aromatic heterocycles. The summed E-state index contributed by atoms with van der Waals surface area (Å²) in [5.41, 5.74) is 1.16. The number of nitrogens with zero attached hydrogens (tertiary/aromatic N) is 2. The van der Waals surface area contributed by atoms with E-state index in [0.29, 0.717) is 24.2 Å². The number of hydrogen-bond donors (Lipinski definition) is 2. The van der Waals surface area contributed by atoms with Crippen molar-refractivity contribution in [2.75, 3.05) is 20.1 Å². The summed E-state index contributed by atoms with van der Waals surface area (Å²) in [5.74, 6) is 0. The fraction of sp³-hybridized carbons (Fsp3) is 0.500. The molecule has 1 aromatic carbocycles. The highest BCUT2D eigenvalue weighted by molar-refractivity contribution is 6.30. The molecule has 23 heavy (non-hydrogen) atoms. The third kappa shape index (κ3) is 4.67. The Balaban J connectivity index is 2.02. The summed E-state index contributed by atoms with van der Waals surface area (Å²) in [6.45, 7) is 1.46. The second-order valence-electron chi connectivity index (χ2n) is 5.68. The summed E-state index contributed by atoms with van der Waals surface area (Å²) in [6, 6.07) is 7.59. The van der Waals surface area contributed by atoms with Gasteiger partial charge in [-0.1, -0.05) is 23.7 Å². The summed E-state index contributed by atoms with van der Waals surface area (Å²) in [4.78, 5) is 25.5. The van der Waals surface area contributed by atoms with Crippen molar-refractivity contribution in [1.29, 1.82) is 0 Å². The quantitative estimate of drug-likeness (QED) is 0.776. The molecule has 0 bridgehead atoms. The summed E-state index contributed by atoms with van der Waals surface area (Å²) >= 11 is 5.91. The number of amides is 1. The lowest BCUT2D eigenvalue weighted by Gasteiger charge is -2.42. The largest absolute Gasteiger partial charge is 0.465 e. The van der Waals surface area contributed by atoms with Crippen LogP contribution < -0.4 is 5.32 Å². The van der Waals surface area contributed by atoms with Crippen LogP contribution in [0.25, 0.3) is 0 Å². The first kappa shape index (κ1) is 17.7. The first-order chi connectivity index (χ1) is 11.0. The van der Waals surface area contributed by atoms with Crippen LogP contribution in [-0.4, -0.2) is 59.6 Å². The summed E-state index contributed by atoms with van der Waals surface area (Å²) in [6.07, 6.45) is 1.04. The average molecular weight is 340 g/mol. The first-order valence-electron chi connectivity index (χ1n) is 7.64. The molecule has 2 atom stereocenters. The van der Waals surface area contributed by atoms with E-state index in [1.165, 1.54) is 4.90 Å². The number of aldehydes is 1. The SMILES string of the molecule is CNC1CC(N(CC=O)C(=O)O)CCN1Cc1ccc(Cl)cc1. The highest BCUT2D eigenvalue weighted by Gasteiger charge is 2.32. The third-order valence-electron chi connectivity index (χ3n) is 4.28. The topological polar surface area (TPSA) is 72.9 Å². The molecule has 0 radical (unpaired) electrons. The van der Waals surface area contributed by atoms with E-state index in [1.54, 1.807) is 0 Å². The van der Waals surface area contributed by atoms with Gasteiger partial charge in [-0.05, 0) is 37.6 Å². The van der Waals surface area contributed by atoms with Gasteiger partial charge in [0.05, 0.1) is 12.7 Å². The van der Waals surface area contributed by atoms with Crippen LogP contribution in [0.1, 0.15) is 18.4 Å². The Morgan fingerprint density at radius 3 is 2.74 bits per heavy atom. The number of benzene rings is 1. The Morgan fingerprint density at radius 2 is 2.17 bits per heavy atom. The van der Waals surface area contributed by atoms with Crippen LogP contribution in [-0.2, 0) is 11.3 Å². The molecule has 1 aliphatic rings. The van der Waals surface area contributed by atoms with Crippen LogP contribution in [0.3, 0.4) is 0 Å². The van der Waals surface area contributed by atoms with E-state index in [0.717, 1.165) is 18.7 Å². The van der Waals surface area contributed by atoms with Gasteiger partial charge in [0, 0.05) is 24.2 Å². The van der Waals surface area contributed by atoms with Crippen molar-refractivity contribution in [3.8, 4) is 0 Å². The summed E-state index contributed by atoms with van der Waals surface area (Å²) in [7, 11) is 1.87. The Bertz CT molecular complexity index is 538. The van der Waals surface area contributed by atoms with Crippen molar-refractivity contribution >= 4 is 24.0 Å². The van der Waals surface area contributed by atoms with Gasteiger partial charge in [0.25, 0.3) is 0 Å². The number of nitrogens with one attached hydrogen (secondary N) is 1. The van der Waals surface area contributed by atoms with Crippen LogP contribution in [0.4, 0.5) is 4.79 Å². The van der Waals surface area contributed by atoms with Gasteiger partial charge in [0.15, 0.2) is 0 Å². The fourth-order valence-electron chi connectivity index (χ4n) is 3.06. The maximum absolute atomic E-state index is 11.3.